The molecule has 1 aromatic heterocycles. The van der Waals surface area contributed by atoms with Crippen molar-refractivity contribution in [1.82, 2.24) is 19.8 Å². The molecule has 33 heteroatoms. The van der Waals surface area contributed by atoms with Crippen LogP contribution in [0.15, 0.2) is 133 Å². The van der Waals surface area contributed by atoms with Crippen molar-refractivity contribution in [3.05, 3.63) is 136 Å². The van der Waals surface area contributed by atoms with E-state index in [-0.39, 0.29) is 76.7 Å². The largest absolute Gasteiger partial charge is 0.748 e. The first kappa shape index (κ1) is 67.5. The van der Waals surface area contributed by atoms with Gasteiger partial charge in [0.05, 0.1) is 36.6 Å². The molecule has 6 aromatic rings. The Bertz CT molecular complexity index is 4690. The first-order chi connectivity index (χ1) is 40.5. The average molecular weight is 1350 g/mol. The second-order valence-corrected chi connectivity index (χ2v) is 33.4. The van der Waals surface area contributed by atoms with Crippen LogP contribution in [0.2, 0.25) is 0 Å². The van der Waals surface area contributed by atoms with Gasteiger partial charge in [-0.25, -0.2) is 30.5 Å². The number of benzene rings is 5. The SMILES string of the molecule is CCC[N+]1=C(/C=C/C=C/C=C2/N(CCCS(=O)(=O)[O-])c3ccc4c(S(=O)(O)(O)N(C)CCCC(=O)NCc5ccc(C(=O)Cc6nnc(S(N)(=O)=O)s6)cc5)cc(S(=O)(=O)O)cc4c3C2(C)C)C(C)(C)c2c1ccc1c(S(=O)(=O)O)cc(S(=O)(=O)O)cc21. The van der Waals surface area contributed by atoms with Crippen LogP contribution in [0.3, 0.4) is 0 Å². The molecule has 2 aliphatic heterocycles. The number of sulfonamides is 1. The van der Waals surface area contributed by atoms with Crippen molar-refractivity contribution in [1.29, 1.82) is 0 Å². The van der Waals surface area contributed by atoms with Crippen LogP contribution in [-0.4, -0.2) is 143 Å². The third-order valence-electron chi connectivity index (χ3n) is 15.2. The third kappa shape index (κ3) is 14.0. The van der Waals surface area contributed by atoms with Crippen molar-refractivity contribution < 1.29 is 87.8 Å². The van der Waals surface area contributed by atoms with Crippen LogP contribution in [0.4, 0.5) is 11.4 Å². The molecule has 0 atom stereocenters. The highest BCUT2D eigenvalue weighted by atomic mass is 32.3. The highest BCUT2D eigenvalue weighted by Crippen LogP contribution is 2.53. The molecule has 0 spiro atoms. The number of nitrogens with one attached hydrogen (secondary N) is 1. The zero-order chi connectivity index (χ0) is 65.1. The van der Waals surface area contributed by atoms with Gasteiger partial charge in [0.1, 0.15) is 16.4 Å². The van der Waals surface area contributed by atoms with Crippen LogP contribution in [0.1, 0.15) is 92.4 Å². The van der Waals surface area contributed by atoms with Crippen LogP contribution in [0.5, 0.6) is 0 Å². The van der Waals surface area contributed by atoms with Crippen LogP contribution in [-0.2, 0) is 88.9 Å². The molecule has 0 unspecified atom stereocenters. The van der Waals surface area contributed by atoms with Crippen LogP contribution in [0, 0.1) is 0 Å². The number of carbonyl (C=O) groups excluding carboxylic acids is 2. The Balaban J connectivity index is 1.06. The van der Waals surface area contributed by atoms with Gasteiger partial charge in [0.15, 0.2) is 21.3 Å². The van der Waals surface area contributed by atoms with E-state index in [9.17, 15) is 83.2 Å². The van der Waals surface area contributed by atoms with E-state index in [1.165, 1.54) is 30.3 Å². The van der Waals surface area contributed by atoms with Crippen molar-refractivity contribution in [2.24, 2.45) is 5.14 Å². The summed E-state index contributed by atoms with van der Waals surface area (Å²) in [5, 5.41) is 15.1. The predicted molar refractivity (Wildman–Crippen MR) is 328 cm³/mol. The van der Waals surface area contributed by atoms with E-state index in [0.717, 1.165) is 19.2 Å². The lowest BCUT2D eigenvalue weighted by molar-refractivity contribution is -0.437. The number of amides is 1. The summed E-state index contributed by atoms with van der Waals surface area (Å²) >= 11 is 0.668. The Kier molecular flexibility index (Phi) is 18.5. The molecule has 0 saturated heterocycles. The lowest BCUT2D eigenvalue weighted by Crippen LogP contribution is -2.48. The van der Waals surface area contributed by atoms with Gasteiger partial charge in [0, 0.05) is 96.1 Å². The van der Waals surface area contributed by atoms with E-state index in [1.807, 2.05) is 25.3 Å². The molecule has 0 bridgehead atoms. The van der Waals surface area contributed by atoms with Crippen molar-refractivity contribution in [2.75, 3.05) is 37.3 Å². The lowest BCUT2D eigenvalue weighted by Gasteiger charge is -2.40. The molecule has 1 amide bonds. The second-order valence-electron chi connectivity index (χ2n) is 22.1. The molecular formula is C55H63N7O19S7. The number of ketones is 1. The number of nitrogens with two attached hydrogens (primary N) is 1. The molecule has 0 fully saturated rings. The van der Waals surface area contributed by atoms with Crippen LogP contribution in [0.25, 0.3) is 21.5 Å². The molecule has 0 saturated carbocycles. The molecule has 8 rings (SSSR count). The first-order valence-corrected chi connectivity index (χ1v) is 36.8. The molecule has 0 radical (unpaired) electrons. The maximum absolute atomic E-state index is 14.8. The zero-order valence-corrected chi connectivity index (χ0v) is 53.7. The van der Waals surface area contributed by atoms with Gasteiger partial charge < -0.3 is 14.8 Å². The molecule has 26 nitrogen and oxygen atoms in total. The molecule has 474 valence electrons. The van der Waals surface area contributed by atoms with E-state index in [1.54, 1.807) is 67.3 Å². The summed E-state index contributed by atoms with van der Waals surface area (Å²) in [6.45, 7) is 9.02. The average Bonchev–Trinajstić information content (AvgIpc) is 1.40. The highest BCUT2D eigenvalue weighted by molar-refractivity contribution is 8.08. The number of rotatable bonds is 24. The van der Waals surface area contributed by atoms with Gasteiger partial charge in [-0.1, -0.05) is 80.7 Å². The quantitative estimate of drug-likeness (QED) is 0.0152. The van der Waals surface area contributed by atoms with Gasteiger partial charge >= 0.3 is 0 Å². The lowest BCUT2D eigenvalue weighted by atomic mass is 9.79. The minimum absolute atomic E-state index is 0.0109. The molecular weight excluding hydrogens is 1290 g/mol. The number of allylic oxidation sites excluding steroid dienone is 6. The number of hydrogen-bond donors (Lipinski definition) is 7. The number of fused-ring (bicyclic) bond motifs is 6. The number of hydrogen-bond acceptors (Lipinski definition) is 18. The Morgan fingerprint density at radius 3 is 2.00 bits per heavy atom. The number of primary sulfonamides is 1. The minimum Gasteiger partial charge on any atom is -0.748 e. The number of aromatic nitrogens is 2. The Hall–Kier alpha value is -6.41. The number of carbonyl (C=O) groups is 2. The van der Waals surface area contributed by atoms with E-state index < -0.39 is 113 Å². The number of nitrogens with zero attached hydrogens (tertiary/aromatic N) is 5. The van der Waals surface area contributed by atoms with Gasteiger partial charge in [0.25, 0.3) is 40.4 Å². The molecule has 3 heterocycles. The van der Waals surface area contributed by atoms with Crippen molar-refractivity contribution in [2.45, 2.75) is 108 Å². The summed E-state index contributed by atoms with van der Waals surface area (Å²) in [5.74, 6) is -1.65. The Labute approximate surface area is 512 Å². The van der Waals surface area contributed by atoms with E-state index in [4.69, 9.17) is 5.14 Å². The van der Waals surface area contributed by atoms with E-state index >= 15 is 0 Å². The summed E-state index contributed by atoms with van der Waals surface area (Å²) in [6, 6.07) is 15.7. The van der Waals surface area contributed by atoms with Gasteiger partial charge in [-0.05, 0) is 91.1 Å². The standard InChI is InChI=1S/C55H63N7O19S7/c1-7-24-61-42-22-20-38-40(28-36(85(70,71)72)30-45(38)87(76,77)78)51(42)54(2,3)47(61)13-9-8-10-14-48-55(4,5)52-41-29-37(86(73,74)75)31-46(39(41)21-23-43(52)62(48)26-12-27-83(65,66)67)88(79,80,81)60(6)25-11-15-49(64)57-33-34-16-18-35(19-17-34)44(63)32-50-58-59-53(82-50)84(56,68)69/h8-10,13-14,16-23,28-31H,7,11-12,15,24-27,32-33H2,1-6H3,(H8-,56,57,64,65,66,67,68,69,70,71,72,73,74,75,76,77,78,79,80,81). The summed E-state index contributed by atoms with van der Waals surface area (Å²) in [5.41, 5.74) is 1.63. The number of anilines is 1. The van der Waals surface area contributed by atoms with E-state index in [2.05, 4.69) is 15.5 Å². The zero-order valence-electron chi connectivity index (χ0n) is 48.0. The van der Waals surface area contributed by atoms with Crippen LogP contribution >= 0.6 is 11.3 Å². The fourth-order valence-electron chi connectivity index (χ4n) is 11.1. The second kappa shape index (κ2) is 24.1. The van der Waals surface area contributed by atoms with Crippen molar-refractivity contribution >= 4 is 122 Å². The minimum atomic E-state index is -6.31. The summed E-state index contributed by atoms with van der Waals surface area (Å²) in [7, 11) is -29.2. The van der Waals surface area contributed by atoms with Crippen LogP contribution < -0.4 is 15.4 Å². The van der Waals surface area contributed by atoms with E-state index in [0.29, 0.717) is 80.2 Å². The smallest absolute Gasteiger partial charge is 0.295 e. The molecule has 0 aliphatic carbocycles. The molecule has 8 N–H and O–H groups in total. The molecule has 88 heavy (non-hydrogen) atoms. The Morgan fingerprint density at radius 2 is 1.41 bits per heavy atom. The Morgan fingerprint density at radius 1 is 0.784 bits per heavy atom. The maximum Gasteiger partial charge on any atom is 0.295 e. The normalized spacial score (nSPS) is 16.5. The third-order valence-corrected chi connectivity index (χ3v) is 23.2. The topological polar surface area (TPSA) is 419 Å². The monoisotopic (exact) mass is 1350 g/mol. The fraction of sp³-hybridized carbons (Fsp3) is 0.327. The van der Waals surface area contributed by atoms with Crippen molar-refractivity contribution in [3.8, 4) is 0 Å². The highest BCUT2D eigenvalue weighted by Gasteiger charge is 2.47. The predicted octanol–water partition coefficient (Wildman–Crippen LogP) is 6.24. The number of Topliss-reactive ketones (excluding diaryl/α,β-unsaturated/α-hetero) is 1. The van der Waals surface area contributed by atoms with Gasteiger partial charge in [-0.2, -0.15) is 29.8 Å². The van der Waals surface area contributed by atoms with Gasteiger partial charge in [-0.15, -0.1) is 10.2 Å². The summed E-state index contributed by atoms with van der Waals surface area (Å²) in [6.07, 6.45) is 8.32. The summed E-state index contributed by atoms with van der Waals surface area (Å²) < 4.78 is 206. The summed E-state index contributed by atoms with van der Waals surface area (Å²) in [4.78, 5) is 24.4. The van der Waals surface area contributed by atoms with Gasteiger partial charge in [0.2, 0.25) is 15.9 Å². The maximum atomic E-state index is 14.8. The first-order valence-electron chi connectivity index (χ1n) is 26.7. The fourth-order valence-corrected chi connectivity index (χ4v) is 16.7. The van der Waals surface area contributed by atoms with Gasteiger partial charge in [-0.3, -0.25) is 32.4 Å². The molecule has 5 aromatic carbocycles. The van der Waals surface area contributed by atoms with Crippen molar-refractivity contribution in [3.63, 3.8) is 0 Å². The molecule has 2 aliphatic rings.